The van der Waals surface area contributed by atoms with E-state index in [9.17, 15) is 18.0 Å². The first-order valence-corrected chi connectivity index (χ1v) is 7.41. The number of anilines is 1. The van der Waals surface area contributed by atoms with E-state index in [1.54, 1.807) is 7.11 Å². The molecule has 2 rings (SSSR count). The van der Waals surface area contributed by atoms with Gasteiger partial charge in [-0.05, 0) is 44.4 Å². The van der Waals surface area contributed by atoms with E-state index in [0.717, 1.165) is 26.7 Å². The number of benzene rings is 1. The zero-order valence-electron chi connectivity index (χ0n) is 13.3. The Balaban J connectivity index is 1.91. The molecule has 0 spiro atoms. The van der Waals surface area contributed by atoms with Gasteiger partial charge < -0.3 is 15.4 Å². The SMILES string of the molecule is COC1CC(NC(=O)Nc2ccc(C(C)(C)C(F)(F)F)cc2)C1. The third kappa shape index (κ3) is 3.96. The summed E-state index contributed by atoms with van der Waals surface area (Å²) in [6.07, 6.45) is -2.61. The minimum atomic E-state index is -4.33. The Morgan fingerprint density at radius 2 is 1.74 bits per heavy atom. The number of halogens is 3. The third-order valence-electron chi connectivity index (χ3n) is 4.34. The molecule has 0 aliphatic heterocycles. The minimum Gasteiger partial charge on any atom is -0.381 e. The van der Waals surface area contributed by atoms with Crippen molar-refractivity contribution in [3.05, 3.63) is 29.8 Å². The number of nitrogens with one attached hydrogen (secondary N) is 2. The molecule has 2 amide bonds. The Bertz CT molecular complexity index is 549. The summed E-state index contributed by atoms with van der Waals surface area (Å²) >= 11 is 0. The van der Waals surface area contributed by atoms with Crippen molar-refractivity contribution in [3.8, 4) is 0 Å². The van der Waals surface area contributed by atoms with Crippen molar-refractivity contribution in [1.29, 1.82) is 0 Å². The van der Waals surface area contributed by atoms with Gasteiger partial charge in [-0.3, -0.25) is 0 Å². The monoisotopic (exact) mass is 330 g/mol. The van der Waals surface area contributed by atoms with Gasteiger partial charge in [-0.25, -0.2) is 4.79 Å². The van der Waals surface area contributed by atoms with Crippen LogP contribution in [0.15, 0.2) is 24.3 Å². The largest absolute Gasteiger partial charge is 0.397 e. The molecule has 0 radical (unpaired) electrons. The molecule has 128 valence electrons. The number of hydrogen-bond acceptors (Lipinski definition) is 2. The highest BCUT2D eigenvalue weighted by Crippen LogP contribution is 2.40. The van der Waals surface area contributed by atoms with Crippen molar-refractivity contribution in [1.82, 2.24) is 5.32 Å². The van der Waals surface area contributed by atoms with Crippen LogP contribution < -0.4 is 10.6 Å². The van der Waals surface area contributed by atoms with Crippen LogP contribution in [0.4, 0.5) is 23.7 Å². The van der Waals surface area contributed by atoms with Crippen LogP contribution in [-0.4, -0.2) is 31.5 Å². The van der Waals surface area contributed by atoms with Gasteiger partial charge in [0.25, 0.3) is 0 Å². The van der Waals surface area contributed by atoms with Crippen LogP contribution in [-0.2, 0) is 10.2 Å². The number of hydrogen-bond donors (Lipinski definition) is 2. The van der Waals surface area contributed by atoms with Gasteiger partial charge in [-0.15, -0.1) is 0 Å². The van der Waals surface area contributed by atoms with Crippen molar-refractivity contribution in [3.63, 3.8) is 0 Å². The second-order valence-electron chi connectivity index (χ2n) is 6.32. The van der Waals surface area contributed by atoms with Gasteiger partial charge >= 0.3 is 12.2 Å². The molecule has 7 heteroatoms. The molecule has 1 saturated carbocycles. The number of ether oxygens (including phenoxy) is 1. The highest BCUT2D eigenvalue weighted by molar-refractivity contribution is 5.89. The van der Waals surface area contributed by atoms with E-state index in [4.69, 9.17) is 4.74 Å². The summed E-state index contributed by atoms with van der Waals surface area (Å²) in [6.45, 7) is 2.26. The molecule has 0 aromatic heterocycles. The molecule has 1 aromatic rings. The number of alkyl halides is 3. The van der Waals surface area contributed by atoms with Crippen LogP contribution in [0.25, 0.3) is 0 Å². The van der Waals surface area contributed by atoms with Gasteiger partial charge in [-0.1, -0.05) is 12.1 Å². The summed E-state index contributed by atoms with van der Waals surface area (Å²) < 4.78 is 44.1. The highest BCUT2D eigenvalue weighted by atomic mass is 19.4. The van der Waals surface area contributed by atoms with Gasteiger partial charge in [0.1, 0.15) is 0 Å². The number of methoxy groups -OCH3 is 1. The molecule has 0 heterocycles. The zero-order chi connectivity index (χ0) is 17.3. The zero-order valence-corrected chi connectivity index (χ0v) is 13.3. The van der Waals surface area contributed by atoms with Crippen LogP contribution in [0.3, 0.4) is 0 Å². The molecule has 0 atom stereocenters. The lowest BCUT2D eigenvalue weighted by Crippen LogP contribution is -2.48. The molecule has 0 unspecified atom stereocenters. The fourth-order valence-corrected chi connectivity index (χ4v) is 2.36. The van der Waals surface area contributed by atoms with Gasteiger partial charge in [0.15, 0.2) is 0 Å². The molecule has 23 heavy (non-hydrogen) atoms. The second kappa shape index (κ2) is 6.39. The Kier molecular flexibility index (Phi) is 4.89. The average molecular weight is 330 g/mol. The first kappa shape index (κ1) is 17.6. The quantitative estimate of drug-likeness (QED) is 0.881. The van der Waals surface area contributed by atoms with Gasteiger partial charge in [0, 0.05) is 18.8 Å². The molecule has 4 nitrogen and oxygen atoms in total. The summed E-state index contributed by atoms with van der Waals surface area (Å²) in [7, 11) is 1.63. The normalized spacial score (nSPS) is 21.5. The van der Waals surface area contributed by atoms with Crippen molar-refractivity contribution < 1.29 is 22.7 Å². The van der Waals surface area contributed by atoms with E-state index in [2.05, 4.69) is 10.6 Å². The lowest BCUT2D eigenvalue weighted by atomic mass is 9.84. The van der Waals surface area contributed by atoms with Crippen LogP contribution in [0.5, 0.6) is 0 Å². The summed E-state index contributed by atoms with van der Waals surface area (Å²) in [4.78, 5) is 11.8. The van der Waals surface area contributed by atoms with Crippen LogP contribution in [0, 0.1) is 0 Å². The van der Waals surface area contributed by atoms with Gasteiger partial charge in [0.05, 0.1) is 11.5 Å². The number of carbonyl (C=O) groups is 1. The molecule has 1 aromatic carbocycles. The highest BCUT2D eigenvalue weighted by Gasteiger charge is 2.48. The maximum atomic E-state index is 13.0. The van der Waals surface area contributed by atoms with E-state index >= 15 is 0 Å². The molecule has 0 bridgehead atoms. The Morgan fingerprint density at radius 3 is 2.22 bits per heavy atom. The Labute approximate surface area is 133 Å². The summed E-state index contributed by atoms with van der Waals surface area (Å²) in [6, 6.07) is 5.42. The number of carbonyl (C=O) groups excluding carboxylic acids is 1. The number of urea groups is 1. The smallest absolute Gasteiger partial charge is 0.381 e. The van der Waals surface area contributed by atoms with Crippen LogP contribution in [0.1, 0.15) is 32.3 Å². The molecule has 1 aliphatic carbocycles. The predicted molar refractivity (Wildman–Crippen MR) is 81.5 cm³/mol. The van der Waals surface area contributed by atoms with Crippen molar-refractivity contribution in [2.24, 2.45) is 0 Å². The van der Waals surface area contributed by atoms with E-state index in [0.29, 0.717) is 5.69 Å². The van der Waals surface area contributed by atoms with Crippen LogP contribution in [0.2, 0.25) is 0 Å². The average Bonchev–Trinajstić information content (AvgIpc) is 2.41. The van der Waals surface area contributed by atoms with Crippen molar-refractivity contribution in [2.75, 3.05) is 12.4 Å². The van der Waals surface area contributed by atoms with Gasteiger partial charge in [0.2, 0.25) is 0 Å². The number of rotatable bonds is 4. The standard InChI is InChI=1S/C16H21F3N2O2/c1-15(2,16(17,18)19)10-4-6-11(7-5-10)20-14(22)21-12-8-13(9-12)23-3/h4-7,12-13H,8-9H2,1-3H3,(H2,20,21,22). The maximum absolute atomic E-state index is 13.0. The van der Waals surface area contributed by atoms with E-state index in [-0.39, 0.29) is 23.7 Å². The molecule has 2 N–H and O–H groups in total. The molecule has 1 aliphatic rings. The molecule has 1 fully saturated rings. The lowest BCUT2D eigenvalue weighted by Gasteiger charge is -2.34. The Morgan fingerprint density at radius 1 is 1.17 bits per heavy atom. The fourth-order valence-electron chi connectivity index (χ4n) is 2.36. The van der Waals surface area contributed by atoms with E-state index < -0.39 is 11.6 Å². The van der Waals surface area contributed by atoms with E-state index in [1.165, 1.54) is 24.3 Å². The number of amides is 2. The lowest BCUT2D eigenvalue weighted by molar-refractivity contribution is -0.180. The van der Waals surface area contributed by atoms with Crippen molar-refractivity contribution >= 4 is 11.7 Å². The molecule has 0 saturated heterocycles. The fraction of sp³-hybridized carbons (Fsp3) is 0.562. The first-order valence-electron chi connectivity index (χ1n) is 7.41. The van der Waals surface area contributed by atoms with Crippen LogP contribution >= 0.6 is 0 Å². The Hall–Kier alpha value is -1.76. The second-order valence-corrected chi connectivity index (χ2v) is 6.32. The third-order valence-corrected chi connectivity index (χ3v) is 4.34. The predicted octanol–water partition coefficient (Wildman–Crippen LogP) is 3.83. The topological polar surface area (TPSA) is 50.4 Å². The first-order chi connectivity index (χ1) is 10.6. The van der Waals surface area contributed by atoms with Crippen molar-refractivity contribution in [2.45, 2.75) is 50.4 Å². The summed E-state index contributed by atoms with van der Waals surface area (Å²) in [5.74, 6) is 0. The van der Waals surface area contributed by atoms with Gasteiger partial charge in [-0.2, -0.15) is 13.2 Å². The van der Waals surface area contributed by atoms with E-state index in [1.807, 2.05) is 0 Å². The molecular formula is C16H21F3N2O2. The summed E-state index contributed by atoms with van der Waals surface area (Å²) in [5, 5.41) is 5.41. The summed E-state index contributed by atoms with van der Waals surface area (Å²) in [5.41, 5.74) is -1.33. The maximum Gasteiger partial charge on any atom is 0.397 e. The molecular weight excluding hydrogens is 309 g/mol. The minimum absolute atomic E-state index is 0.0726.